The Kier molecular flexibility index (Phi) is 7.24. The fourth-order valence-corrected chi connectivity index (χ4v) is 2.72. The molecule has 0 aliphatic heterocycles. The Labute approximate surface area is 171 Å². The SMILES string of the molecule is CCC(O)OC(=O)c1cc2c(OC)c(C(=O)O)c(OC)cn2c1C(=O)OC(O)CC. The molecule has 0 saturated carbocycles. The molecule has 0 bridgehead atoms. The minimum atomic E-state index is -1.43. The third-order valence-corrected chi connectivity index (χ3v) is 4.22. The number of hydrogen-bond acceptors (Lipinski definition) is 9. The van der Waals surface area contributed by atoms with Crippen LogP contribution in [-0.2, 0) is 9.47 Å². The Morgan fingerprint density at radius 1 is 1.00 bits per heavy atom. The average Bonchev–Trinajstić information content (AvgIpc) is 3.11. The molecule has 2 atom stereocenters. The number of aliphatic hydroxyl groups excluding tert-OH is 2. The van der Waals surface area contributed by atoms with Crippen LogP contribution in [0.1, 0.15) is 57.9 Å². The minimum absolute atomic E-state index is 0.0339. The van der Waals surface area contributed by atoms with Gasteiger partial charge in [0, 0.05) is 12.8 Å². The number of fused-ring (bicyclic) bond motifs is 1. The normalized spacial score (nSPS) is 12.9. The number of pyridine rings is 1. The van der Waals surface area contributed by atoms with E-state index in [1.54, 1.807) is 13.8 Å². The summed E-state index contributed by atoms with van der Waals surface area (Å²) in [6.45, 7) is 3.15. The van der Waals surface area contributed by atoms with Crippen molar-refractivity contribution in [1.82, 2.24) is 4.40 Å². The van der Waals surface area contributed by atoms with Gasteiger partial charge in [-0.1, -0.05) is 13.8 Å². The summed E-state index contributed by atoms with van der Waals surface area (Å²) >= 11 is 0. The Morgan fingerprint density at radius 3 is 2.03 bits per heavy atom. The lowest BCUT2D eigenvalue weighted by Crippen LogP contribution is -2.22. The molecule has 2 aromatic rings. The summed E-state index contributed by atoms with van der Waals surface area (Å²) in [7, 11) is 2.44. The first-order valence-electron chi connectivity index (χ1n) is 9.01. The number of carboxylic acid groups (broad SMARTS) is 1. The molecule has 2 aromatic heterocycles. The molecule has 2 rings (SSSR count). The molecule has 0 aliphatic rings. The average molecular weight is 425 g/mol. The quantitative estimate of drug-likeness (QED) is 0.397. The maximum atomic E-state index is 12.7. The highest BCUT2D eigenvalue weighted by atomic mass is 16.6. The van der Waals surface area contributed by atoms with Crippen LogP contribution in [-0.4, -0.2) is 64.4 Å². The lowest BCUT2D eigenvalue weighted by molar-refractivity contribution is -0.0693. The molecule has 11 nitrogen and oxygen atoms in total. The first kappa shape index (κ1) is 23.0. The standard InChI is InChI=1S/C19H23NO10/c1-5-12(21)29-18(25)9-7-10-16(28-4)14(17(23)24)11(27-3)8-20(10)15(9)19(26)30-13(22)6-2/h7-8,12-13,21-22H,5-6H2,1-4H3,(H,23,24). The van der Waals surface area contributed by atoms with Crippen molar-refractivity contribution >= 4 is 23.4 Å². The van der Waals surface area contributed by atoms with Crippen LogP contribution in [0.15, 0.2) is 12.3 Å². The molecule has 30 heavy (non-hydrogen) atoms. The van der Waals surface area contributed by atoms with E-state index in [1.807, 2.05) is 0 Å². The number of carbonyl (C=O) groups excluding carboxylic acids is 2. The highest BCUT2D eigenvalue weighted by Crippen LogP contribution is 2.36. The first-order valence-corrected chi connectivity index (χ1v) is 9.01. The number of aliphatic hydroxyl groups is 2. The summed E-state index contributed by atoms with van der Waals surface area (Å²) in [5.74, 6) is -3.81. The van der Waals surface area contributed by atoms with Crippen molar-refractivity contribution in [3.05, 3.63) is 29.1 Å². The zero-order valence-electron chi connectivity index (χ0n) is 16.9. The lowest BCUT2D eigenvalue weighted by Gasteiger charge is -2.15. The molecule has 164 valence electrons. The minimum Gasteiger partial charge on any atom is -0.494 e. The van der Waals surface area contributed by atoms with Gasteiger partial charge in [0.1, 0.15) is 11.3 Å². The second-order valence-electron chi connectivity index (χ2n) is 6.11. The van der Waals surface area contributed by atoms with Gasteiger partial charge in [-0.3, -0.25) is 0 Å². The van der Waals surface area contributed by atoms with Gasteiger partial charge in [0.15, 0.2) is 11.5 Å². The smallest absolute Gasteiger partial charge is 0.358 e. The molecule has 3 N–H and O–H groups in total. The topological polar surface area (TPSA) is 153 Å². The van der Waals surface area contributed by atoms with E-state index < -0.39 is 30.5 Å². The van der Waals surface area contributed by atoms with Gasteiger partial charge in [-0.2, -0.15) is 0 Å². The summed E-state index contributed by atoms with van der Waals surface area (Å²) in [5.41, 5.74) is -0.975. The third-order valence-electron chi connectivity index (χ3n) is 4.22. The monoisotopic (exact) mass is 425 g/mol. The summed E-state index contributed by atoms with van der Waals surface area (Å²) in [4.78, 5) is 37.0. The van der Waals surface area contributed by atoms with Crippen molar-refractivity contribution in [3.8, 4) is 11.5 Å². The summed E-state index contributed by atoms with van der Waals surface area (Å²) < 4.78 is 21.3. The number of carboxylic acids is 1. The third kappa shape index (κ3) is 4.31. The van der Waals surface area contributed by atoms with E-state index in [0.29, 0.717) is 0 Å². The van der Waals surface area contributed by atoms with Gasteiger partial charge in [0.2, 0.25) is 12.6 Å². The van der Waals surface area contributed by atoms with Gasteiger partial charge < -0.3 is 38.7 Å². The predicted octanol–water partition coefficient (Wildman–Crippen LogP) is 1.43. The van der Waals surface area contributed by atoms with E-state index in [-0.39, 0.29) is 46.7 Å². The molecular formula is C19H23NO10. The largest absolute Gasteiger partial charge is 0.494 e. The maximum Gasteiger partial charge on any atom is 0.358 e. The number of carbonyl (C=O) groups is 3. The second-order valence-corrected chi connectivity index (χ2v) is 6.11. The molecule has 0 spiro atoms. The fraction of sp³-hybridized carbons (Fsp3) is 0.421. The van der Waals surface area contributed by atoms with Gasteiger partial charge >= 0.3 is 17.9 Å². The number of nitrogens with zero attached hydrogens (tertiary/aromatic N) is 1. The zero-order valence-corrected chi connectivity index (χ0v) is 16.9. The van der Waals surface area contributed by atoms with Crippen LogP contribution in [0.5, 0.6) is 11.5 Å². The summed E-state index contributed by atoms with van der Waals surface area (Å²) in [6.07, 6.45) is -1.48. The number of rotatable bonds is 9. The number of aromatic carboxylic acids is 1. The highest BCUT2D eigenvalue weighted by Gasteiger charge is 2.31. The van der Waals surface area contributed by atoms with Crippen LogP contribution in [0.4, 0.5) is 0 Å². The molecular weight excluding hydrogens is 402 g/mol. The molecule has 0 radical (unpaired) electrons. The molecule has 2 heterocycles. The number of ether oxygens (including phenoxy) is 4. The Morgan fingerprint density at radius 2 is 1.57 bits per heavy atom. The molecule has 11 heteroatoms. The number of methoxy groups -OCH3 is 2. The van der Waals surface area contributed by atoms with Gasteiger partial charge in [0.05, 0.1) is 31.5 Å². The van der Waals surface area contributed by atoms with Crippen LogP contribution in [0, 0.1) is 0 Å². The van der Waals surface area contributed by atoms with Crippen molar-refractivity contribution in [3.63, 3.8) is 0 Å². The maximum absolute atomic E-state index is 12.7. The van der Waals surface area contributed by atoms with Gasteiger partial charge in [-0.25, -0.2) is 14.4 Å². The zero-order chi connectivity index (χ0) is 22.6. The van der Waals surface area contributed by atoms with Crippen molar-refractivity contribution in [2.45, 2.75) is 39.3 Å². The van der Waals surface area contributed by atoms with E-state index in [4.69, 9.17) is 18.9 Å². The van der Waals surface area contributed by atoms with E-state index in [2.05, 4.69) is 0 Å². The van der Waals surface area contributed by atoms with Crippen LogP contribution >= 0.6 is 0 Å². The lowest BCUT2D eigenvalue weighted by atomic mass is 10.2. The van der Waals surface area contributed by atoms with Crippen molar-refractivity contribution < 1.29 is 48.7 Å². The van der Waals surface area contributed by atoms with Crippen molar-refractivity contribution in [2.75, 3.05) is 14.2 Å². The van der Waals surface area contributed by atoms with Crippen LogP contribution < -0.4 is 9.47 Å². The van der Waals surface area contributed by atoms with Crippen molar-refractivity contribution in [1.29, 1.82) is 0 Å². The Balaban J connectivity index is 2.83. The molecule has 0 fully saturated rings. The van der Waals surface area contributed by atoms with E-state index >= 15 is 0 Å². The van der Waals surface area contributed by atoms with Gasteiger partial charge in [0.25, 0.3) is 0 Å². The van der Waals surface area contributed by atoms with Gasteiger partial charge in [-0.15, -0.1) is 0 Å². The second kappa shape index (κ2) is 9.46. The molecule has 0 amide bonds. The summed E-state index contributed by atoms with van der Waals surface area (Å²) in [5, 5.41) is 28.9. The van der Waals surface area contributed by atoms with Crippen LogP contribution in [0.3, 0.4) is 0 Å². The highest BCUT2D eigenvalue weighted by molar-refractivity contribution is 6.06. The summed E-state index contributed by atoms with van der Waals surface area (Å²) in [6, 6.07) is 1.17. The first-order chi connectivity index (χ1) is 14.2. The predicted molar refractivity (Wildman–Crippen MR) is 101 cm³/mol. The fourth-order valence-electron chi connectivity index (χ4n) is 2.72. The number of esters is 2. The van der Waals surface area contributed by atoms with E-state index in [9.17, 15) is 29.7 Å². The van der Waals surface area contributed by atoms with Gasteiger partial charge in [-0.05, 0) is 6.07 Å². The Hall–Kier alpha value is -3.31. The van der Waals surface area contributed by atoms with E-state index in [1.165, 1.54) is 26.5 Å². The number of aromatic nitrogens is 1. The molecule has 0 aromatic carbocycles. The Bertz CT molecular complexity index is 964. The van der Waals surface area contributed by atoms with Crippen LogP contribution in [0.2, 0.25) is 0 Å². The van der Waals surface area contributed by atoms with Crippen LogP contribution in [0.25, 0.3) is 5.52 Å². The van der Waals surface area contributed by atoms with Crippen molar-refractivity contribution in [2.24, 2.45) is 0 Å². The molecule has 0 aliphatic carbocycles. The number of hydrogen-bond donors (Lipinski definition) is 3. The molecule has 2 unspecified atom stereocenters. The van der Waals surface area contributed by atoms with E-state index in [0.717, 1.165) is 4.40 Å². The molecule has 0 saturated heterocycles.